The van der Waals surface area contributed by atoms with Crippen LogP contribution in [0.1, 0.15) is 19.4 Å². The standard InChI is InChI=1S/C22H24N2O/c1-17(2)24(3)16-18-13-20(15-23-14-18)19-9-11-22(12-10-19)25-21-7-5-4-6-8-21/h4-15,17H,16H2,1-3H3. The Hall–Kier alpha value is -2.65. The molecule has 0 fully saturated rings. The Morgan fingerprint density at radius 2 is 1.56 bits per heavy atom. The lowest BCUT2D eigenvalue weighted by Crippen LogP contribution is -2.25. The fourth-order valence-corrected chi connectivity index (χ4v) is 2.54. The molecule has 0 aliphatic heterocycles. The van der Waals surface area contributed by atoms with Crippen molar-refractivity contribution in [3.05, 3.63) is 78.6 Å². The SMILES string of the molecule is CC(C)N(C)Cc1cncc(-c2ccc(Oc3ccccc3)cc2)c1. The van der Waals surface area contributed by atoms with Crippen LogP contribution in [0.3, 0.4) is 0 Å². The number of pyridine rings is 1. The average molecular weight is 332 g/mol. The average Bonchev–Trinajstić information content (AvgIpc) is 2.63. The fourth-order valence-electron chi connectivity index (χ4n) is 2.54. The summed E-state index contributed by atoms with van der Waals surface area (Å²) in [4.78, 5) is 6.71. The van der Waals surface area contributed by atoms with Gasteiger partial charge in [0, 0.05) is 30.5 Å². The number of para-hydroxylation sites is 1. The highest BCUT2D eigenvalue weighted by Crippen LogP contribution is 2.26. The highest BCUT2D eigenvalue weighted by molar-refractivity contribution is 5.64. The molecule has 3 aromatic rings. The molecule has 0 saturated carbocycles. The van der Waals surface area contributed by atoms with E-state index in [1.807, 2.05) is 54.9 Å². The molecule has 1 heterocycles. The van der Waals surface area contributed by atoms with E-state index >= 15 is 0 Å². The molecular weight excluding hydrogens is 308 g/mol. The quantitative estimate of drug-likeness (QED) is 0.606. The molecule has 3 rings (SSSR count). The van der Waals surface area contributed by atoms with Crippen molar-refractivity contribution in [1.82, 2.24) is 9.88 Å². The molecule has 0 radical (unpaired) electrons. The van der Waals surface area contributed by atoms with Gasteiger partial charge < -0.3 is 4.74 Å². The maximum Gasteiger partial charge on any atom is 0.127 e. The first-order valence-corrected chi connectivity index (χ1v) is 8.59. The summed E-state index contributed by atoms with van der Waals surface area (Å²) < 4.78 is 5.85. The van der Waals surface area contributed by atoms with Gasteiger partial charge >= 0.3 is 0 Å². The van der Waals surface area contributed by atoms with E-state index < -0.39 is 0 Å². The maximum atomic E-state index is 5.85. The normalized spacial score (nSPS) is 11.1. The Morgan fingerprint density at radius 1 is 0.880 bits per heavy atom. The Morgan fingerprint density at radius 3 is 2.24 bits per heavy atom. The van der Waals surface area contributed by atoms with Gasteiger partial charge in [-0.2, -0.15) is 0 Å². The minimum absolute atomic E-state index is 0.512. The first kappa shape index (κ1) is 17.2. The van der Waals surface area contributed by atoms with Crippen LogP contribution >= 0.6 is 0 Å². The summed E-state index contributed by atoms with van der Waals surface area (Å²) in [6, 6.07) is 20.7. The fraction of sp³-hybridized carbons (Fsp3) is 0.227. The molecule has 0 N–H and O–H groups in total. The van der Waals surface area contributed by atoms with Crippen LogP contribution in [0.25, 0.3) is 11.1 Å². The Balaban J connectivity index is 1.74. The van der Waals surface area contributed by atoms with E-state index in [9.17, 15) is 0 Å². The topological polar surface area (TPSA) is 25.4 Å². The molecule has 0 atom stereocenters. The van der Waals surface area contributed by atoms with Gasteiger partial charge in [-0.15, -0.1) is 0 Å². The zero-order valence-electron chi connectivity index (χ0n) is 15.0. The van der Waals surface area contributed by atoms with Crippen LogP contribution in [0.2, 0.25) is 0 Å². The van der Waals surface area contributed by atoms with Crippen LogP contribution in [0, 0.1) is 0 Å². The van der Waals surface area contributed by atoms with Crippen molar-refractivity contribution in [3.63, 3.8) is 0 Å². The third-order valence-electron chi connectivity index (χ3n) is 4.27. The molecule has 0 unspecified atom stereocenters. The van der Waals surface area contributed by atoms with Crippen LogP contribution in [0.15, 0.2) is 73.1 Å². The summed E-state index contributed by atoms with van der Waals surface area (Å²) >= 11 is 0. The molecule has 0 amide bonds. The van der Waals surface area contributed by atoms with Gasteiger partial charge in [0.2, 0.25) is 0 Å². The van der Waals surface area contributed by atoms with Crippen LogP contribution in [0.5, 0.6) is 11.5 Å². The first-order chi connectivity index (χ1) is 12.1. The molecule has 128 valence electrons. The number of ether oxygens (including phenoxy) is 1. The van der Waals surface area contributed by atoms with E-state index in [2.05, 4.69) is 49.0 Å². The Kier molecular flexibility index (Phi) is 5.46. The number of hydrogen-bond acceptors (Lipinski definition) is 3. The minimum Gasteiger partial charge on any atom is -0.457 e. The Labute approximate surface area is 149 Å². The lowest BCUT2D eigenvalue weighted by Gasteiger charge is -2.21. The number of rotatable bonds is 6. The van der Waals surface area contributed by atoms with Gasteiger partial charge in [0.1, 0.15) is 11.5 Å². The van der Waals surface area contributed by atoms with Gasteiger partial charge in [0.15, 0.2) is 0 Å². The predicted molar refractivity (Wildman–Crippen MR) is 103 cm³/mol. The second-order valence-corrected chi connectivity index (χ2v) is 6.53. The summed E-state index contributed by atoms with van der Waals surface area (Å²) in [5, 5.41) is 0. The smallest absolute Gasteiger partial charge is 0.127 e. The lowest BCUT2D eigenvalue weighted by molar-refractivity contribution is 0.265. The molecule has 0 aliphatic carbocycles. The van der Waals surface area contributed by atoms with E-state index in [4.69, 9.17) is 4.74 Å². The summed E-state index contributed by atoms with van der Waals surface area (Å²) in [5.74, 6) is 1.68. The zero-order chi connectivity index (χ0) is 17.6. The molecule has 2 aromatic carbocycles. The molecule has 0 aliphatic rings. The van der Waals surface area contributed by atoms with E-state index in [1.54, 1.807) is 0 Å². The predicted octanol–water partition coefficient (Wildman–Crippen LogP) is 5.38. The van der Waals surface area contributed by atoms with Gasteiger partial charge in [-0.05, 0) is 62.4 Å². The molecule has 3 heteroatoms. The zero-order valence-corrected chi connectivity index (χ0v) is 15.0. The largest absolute Gasteiger partial charge is 0.457 e. The van der Waals surface area contributed by atoms with Crippen LogP contribution in [-0.4, -0.2) is 23.0 Å². The number of nitrogens with zero attached hydrogens (tertiary/aromatic N) is 2. The summed E-state index contributed by atoms with van der Waals surface area (Å²) in [6.45, 7) is 5.29. The molecule has 3 nitrogen and oxygen atoms in total. The van der Waals surface area contributed by atoms with Gasteiger partial charge in [0.25, 0.3) is 0 Å². The third-order valence-corrected chi connectivity index (χ3v) is 4.27. The van der Waals surface area contributed by atoms with Gasteiger partial charge in [-0.1, -0.05) is 30.3 Å². The van der Waals surface area contributed by atoms with E-state index in [-0.39, 0.29) is 0 Å². The number of benzene rings is 2. The van der Waals surface area contributed by atoms with Crippen molar-refractivity contribution < 1.29 is 4.74 Å². The summed E-state index contributed by atoms with van der Waals surface area (Å²) in [7, 11) is 2.13. The first-order valence-electron chi connectivity index (χ1n) is 8.59. The van der Waals surface area contributed by atoms with Crippen LogP contribution in [-0.2, 0) is 6.54 Å². The molecule has 0 spiro atoms. The molecule has 25 heavy (non-hydrogen) atoms. The highest BCUT2D eigenvalue weighted by atomic mass is 16.5. The van der Waals surface area contributed by atoms with Crippen molar-refractivity contribution in [2.24, 2.45) is 0 Å². The van der Waals surface area contributed by atoms with Crippen molar-refractivity contribution in [1.29, 1.82) is 0 Å². The minimum atomic E-state index is 0.512. The molecule has 0 saturated heterocycles. The lowest BCUT2D eigenvalue weighted by atomic mass is 10.1. The van der Waals surface area contributed by atoms with Crippen LogP contribution in [0.4, 0.5) is 0 Å². The highest BCUT2D eigenvalue weighted by Gasteiger charge is 2.06. The van der Waals surface area contributed by atoms with Crippen molar-refractivity contribution >= 4 is 0 Å². The summed E-state index contributed by atoms with van der Waals surface area (Å²) in [6.07, 6.45) is 3.85. The second-order valence-electron chi connectivity index (χ2n) is 6.53. The van der Waals surface area contributed by atoms with E-state index in [0.29, 0.717) is 6.04 Å². The number of hydrogen-bond donors (Lipinski definition) is 0. The van der Waals surface area contributed by atoms with Crippen molar-refractivity contribution in [3.8, 4) is 22.6 Å². The van der Waals surface area contributed by atoms with Gasteiger partial charge in [0.05, 0.1) is 0 Å². The van der Waals surface area contributed by atoms with E-state index in [1.165, 1.54) is 5.56 Å². The second kappa shape index (κ2) is 7.95. The summed E-state index contributed by atoms with van der Waals surface area (Å²) in [5.41, 5.74) is 3.49. The van der Waals surface area contributed by atoms with Crippen LogP contribution < -0.4 is 4.74 Å². The molecule has 0 bridgehead atoms. The number of aromatic nitrogens is 1. The molecule has 1 aromatic heterocycles. The van der Waals surface area contributed by atoms with Gasteiger partial charge in [-0.25, -0.2) is 0 Å². The maximum absolute atomic E-state index is 5.85. The monoisotopic (exact) mass is 332 g/mol. The van der Waals surface area contributed by atoms with E-state index in [0.717, 1.165) is 29.2 Å². The Bertz CT molecular complexity index is 798. The van der Waals surface area contributed by atoms with Crippen molar-refractivity contribution in [2.75, 3.05) is 7.05 Å². The van der Waals surface area contributed by atoms with Gasteiger partial charge in [-0.3, -0.25) is 9.88 Å². The molecular formula is C22H24N2O. The third kappa shape index (κ3) is 4.68. The van der Waals surface area contributed by atoms with Crippen molar-refractivity contribution in [2.45, 2.75) is 26.4 Å².